The van der Waals surface area contributed by atoms with Gasteiger partial charge in [0, 0.05) is 23.7 Å². The Bertz CT molecular complexity index is 485. The highest BCUT2D eigenvalue weighted by Gasteiger charge is 2.34. The molecule has 0 bridgehead atoms. The first-order valence-corrected chi connectivity index (χ1v) is 7.25. The van der Waals surface area contributed by atoms with Crippen molar-refractivity contribution in [3.63, 3.8) is 0 Å². The van der Waals surface area contributed by atoms with Gasteiger partial charge in [0.1, 0.15) is 5.75 Å². The number of piperidine rings is 1. The van der Waals surface area contributed by atoms with E-state index in [0.29, 0.717) is 17.3 Å². The minimum Gasteiger partial charge on any atom is -0.496 e. The molecule has 1 saturated heterocycles. The van der Waals surface area contributed by atoms with Gasteiger partial charge in [0.05, 0.1) is 12.5 Å². The van der Waals surface area contributed by atoms with Crippen LogP contribution in [0.15, 0.2) is 18.2 Å². The van der Waals surface area contributed by atoms with Crippen molar-refractivity contribution in [2.24, 2.45) is 5.41 Å². The van der Waals surface area contributed by atoms with E-state index < -0.39 is 0 Å². The molecule has 0 radical (unpaired) electrons. The molecule has 0 aromatic heterocycles. The molecule has 5 heteroatoms. The SMILES string of the molecule is COc1cccc(Cl)c1CNC(=O)C1(C)CCCNC1. The highest BCUT2D eigenvalue weighted by atomic mass is 35.5. The number of hydrogen-bond acceptors (Lipinski definition) is 3. The van der Waals surface area contributed by atoms with Crippen LogP contribution in [0, 0.1) is 5.41 Å². The van der Waals surface area contributed by atoms with E-state index in [1.54, 1.807) is 13.2 Å². The predicted molar refractivity (Wildman–Crippen MR) is 80.1 cm³/mol. The van der Waals surface area contributed by atoms with Gasteiger partial charge >= 0.3 is 0 Å². The number of halogens is 1. The maximum absolute atomic E-state index is 12.4. The maximum atomic E-state index is 12.4. The van der Waals surface area contributed by atoms with Crippen LogP contribution in [0.5, 0.6) is 5.75 Å². The van der Waals surface area contributed by atoms with E-state index in [1.165, 1.54) is 0 Å². The zero-order valence-electron chi connectivity index (χ0n) is 12.0. The molecule has 2 N–H and O–H groups in total. The van der Waals surface area contributed by atoms with Crippen molar-refractivity contribution in [2.45, 2.75) is 26.3 Å². The first-order chi connectivity index (χ1) is 9.57. The summed E-state index contributed by atoms with van der Waals surface area (Å²) in [7, 11) is 1.60. The molecule has 1 unspecified atom stereocenters. The van der Waals surface area contributed by atoms with Crippen molar-refractivity contribution >= 4 is 17.5 Å². The summed E-state index contributed by atoms with van der Waals surface area (Å²) < 4.78 is 5.28. The number of nitrogens with one attached hydrogen (secondary N) is 2. The van der Waals surface area contributed by atoms with Crippen molar-refractivity contribution in [1.82, 2.24) is 10.6 Å². The summed E-state index contributed by atoms with van der Waals surface area (Å²) in [6.07, 6.45) is 1.94. The van der Waals surface area contributed by atoms with Crippen molar-refractivity contribution in [3.05, 3.63) is 28.8 Å². The Morgan fingerprint density at radius 3 is 3.00 bits per heavy atom. The number of benzene rings is 1. The minimum absolute atomic E-state index is 0.0617. The lowest BCUT2D eigenvalue weighted by Crippen LogP contribution is -2.48. The van der Waals surface area contributed by atoms with Crippen molar-refractivity contribution < 1.29 is 9.53 Å². The zero-order chi connectivity index (χ0) is 14.6. The van der Waals surface area contributed by atoms with Crippen LogP contribution in [0.4, 0.5) is 0 Å². The van der Waals surface area contributed by atoms with E-state index >= 15 is 0 Å². The molecule has 1 amide bonds. The Kier molecular flexibility index (Phi) is 4.89. The standard InChI is InChI=1S/C15H21ClN2O2/c1-15(7-4-8-17-10-15)14(19)18-9-11-12(16)5-3-6-13(11)20-2/h3,5-6,17H,4,7-10H2,1-2H3,(H,18,19). The lowest BCUT2D eigenvalue weighted by molar-refractivity contribution is -0.131. The predicted octanol–water partition coefficient (Wildman–Crippen LogP) is 2.35. The van der Waals surface area contributed by atoms with Gasteiger partial charge in [-0.1, -0.05) is 17.7 Å². The van der Waals surface area contributed by atoms with Crippen LogP contribution in [-0.2, 0) is 11.3 Å². The molecular weight excluding hydrogens is 276 g/mol. The van der Waals surface area contributed by atoms with Gasteiger partial charge in [-0.15, -0.1) is 0 Å². The van der Waals surface area contributed by atoms with Gasteiger partial charge in [0.25, 0.3) is 0 Å². The number of ether oxygens (including phenoxy) is 1. The molecule has 0 spiro atoms. The van der Waals surface area contributed by atoms with Crippen LogP contribution in [0.1, 0.15) is 25.3 Å². The Hall–Kier alpha value is -1.26. The Labute approximate surface area is 124 Å². The maximum Gasteiger partial charge on any atom is 0.227 e. The highest BCUT2D eigenvalue weighted by Crippen LogP contribution is 2.28. The Morgan fingerprint density at radius 2 is 2.35 bits per heavy atom. The van der Waals surface area contributed by atoms with Gasteiger partial charge in [-0.2, -0.15) is 0 Å². The third-order valence-corrected chi connectivity index (χ3v) is 4.22. The van der Waals surface area contributed by atoms with E-state index in [0.717, 1.165) is 31.5 Å². The Balaban J connectivity index is 2.03. The Morgan fingerprint density at radius 1 is 1.55 bits per heavy atom. The fourth-order valence-corrected chi connectivity index (χ4v) is 2.77. The molecule has 1 fully saturated rings. The molecular formula is C15H21ClN2O2. The van der Waals surface area contributed by atoms with E-state index in [2.05, 4.69) is 10.6 Å². The van der Waals surface area contributed by atoms with Gasteiger partial charge in [-0.05, 0) is 38.4 Å². The quantitative estimate of drug-likeness (QED) is 0.897. The molecule has 1 aliphatic rings. The van der Waals surface area contributed by atoms with E-state index in [1.807, 2.05) is 19.1 Å². The van der Waals surface area contributed by atoms with Crippen LogP contribution >= 0.6 is 11.6 Å². The number of amides is 1. The van der Waals surface area contributed by atoms with Gasteiger partial charge in [0.2, 0.25) is 5.91 Å². The number of hydrogen-bond donors (Lipinski definition) is 2. The first kappa shape index (κ1) is 15.1. The third-order valence-electron chi connectivity index (χ3n) is 3.87. The third kappa shape index (κ3) is 3.25. The number of methoxy groups -OCH3 is 1. The summed E-state index contributed by atoms with van der Waals surface area (Å²) in [5.74, 6) is 0.761. The summed E-state index contributed by atoms with van der Waals surface area (Å²) in [6, 6.07) is 5.48. The lowest BCUT2D eigenvalue weighted by Gasteiger charge is -2.32. The molecule has 1 heterocycles. The topological polar surface area (TPSA) is 50.4 Å². The van der Waals surface area contributed by atoms with Gasteiger partial charge in [0.15, 0.2) is 0 Å². The molecule has 1 aromatic rings. The van der Waals surface area contributed by atoms with Gasteiger partial charge in [-0.3, -0.25) is 4.79 Å². The first-order valence-electron chi connectivity index (χ1n) is 6.87. The van der Waals surface area contributed by atoms with Crippen molar-refractivity contribution in [2.75, 3.05) is 20.2 Å². The summed E-state index contributed by atoms with van der Waals surface area (Å²) in [5.41, 5.74) is 0.476. The second-order valence-corrected chi connectivity index (χ2v) is 5.85. The number of rotatable bonds is 4. The fourth-order valence-electron chi connectivity index (χ4n) is 2.53. The molecule has 4 nitrogen and oxygen atoms in total. The van der Waals surface area contributed by atoms with Crippen LogP contribution in [0.25, 0.3) is 0 Å². The van der Waals surface area contributed by atoms with Gasteiger partial charge < -0.3 is 15.4 Å². The second-order valence-electron chi connectivity index (χ2n) is 5.44. The molecule has 0 saturated carbocycles. The van der Waals surface area contributed by atoms with E-state index in [4.69, 9.17) is 16.3 Å². The van der Waals surface area contributed by atoms with E-state index in [-0.39, 0.29) is 11.3 Å². The normalized spacial score (nSPS) is 22.4. The number of carbonyl (C=O) groups is 1. The van der Waals surface area contributed by atoms with Crippen LogP contribution < -0.4 is 15.4 Å². The molecule has 1 aromatic carbocycles. The molecule has 20 heavy (non-hydrogen) atoms. The zero-order valence-corrected chi connectivity index (χ0v) is 12.7. The monoisotopic (exact) mass is 296 g/mol. The summed E-state index contributed by atoms with van der Waals surface area (Å²) in [5, 5.41) is 6.87. The fraction of sp³-hybridized carbons (Fsp3) is 0.533. The smallest absolute Gasteiger partial charge is 0.227 e. The van der Waals surface area contributed by atoms with Gasteiger partial charge in [-0.25, -0.2) is 0 Å². The summed E-state index contributed by atoms with van der Waals surface area (Å²) in [4.78, 5) is 12.4. The van der Waals surface area contributed by atoms with E-state index in [9.17, 15) is 4.79 Å². The molecule has 0 aliphatic carbocycles. The lowest BCUT2D eigenvalue weighted by atomic mass is 9.82. The minimum atomic E-state index is -0.341. The summed E-state index contributed by atoms with van der Waals surface area (Å²) in [6.45, 7) is 4.09. The molecule has 110 valence electrons. The van der Waals surface area contributed by atoms with Crippen LogP contribution in [-0.4, -0.2) is 26.1 Å². The molecule has 1 atom stereocenters. The second kappa shape index (κ2) is 6.46. The number of carbonyl (C=O) groups excluding carboxylic acids is 1. The molecule has 2 rings (SSSR count). The van der Waals surface area contributed by atoms with Crippen LogP contribution in [0.3, 0.4) is 0 Å². The van der Waals surface area contributed by atoms with Crippen molar-refractivity contribution in [1.29, 1.82) is 0 Å². The summed E-state index contributed by atoms with van der Waals surface area (Å²) >= 11 is 6.17. The highest BCUT2D eigenvalue weighted by molar-refractivity contribution is 6.31. The molecule has 1 aliphatic heterocycles. The largest absolute Gasteiger partial charge is 0.496 e. The van der Waals surface area contributed by atoms with Crippen LogP contribution in [0.2, 0.25) is 5.02 Å². The average Bonchev–Trinajstić information content (AvgIpc) is 2.46. The van der Waals surface area contributed by atoms with Crippen molar-refractivity contribution in [3.8, 4) is 5.75 Å². The average molecular weight is 297 g/mol.